The third-order valence-electron chi connectivity index (χ3n) is 14.3. The topological polar surface area (TPSA) is 3.24 Å². The van der Waals surface area contributed by atoms with Gasteiger partial charge in [-0.25, -0.2) is 0 Å². The van der Waals surface area contributed by atoms with Crippen LogP contribution in [0.3, 0.4) is 0 Å². The highest BCUT2D eigenvalue weighted by molar-refractivity contribution is 5.99. The van der Waals surface area contributed by atoms with Crippen LogP contribution in [0, 0.1) is 0 Å². The van der Waals surface area contributed by atoms with Crippen LogP contribution in [-0.2, 0) is 10.8 Å². The van der Waals surface area contributed by atoms with Crippen molar-refractivity contribution in [1.82, 2.24) is 0 Å². The Labute approximate surface area is 400 Å². The number of fused-ring (bicyclic) bond motifs is 5. The van der Waals surface area contributed by atoms with Gasteiger partial charge in [0.05, 0.1) is 5.41 Å². The first-order chi connectivity index (χ1) is 33.4. The summed E-state index contributed by atoms with van der Waals surface area (Å²) in [5.74, 6) is 0. The Bertz CT molecular complexity index is 3500. The predicted octanol–water partition coefficient (Wildman–Crippen LogP) is 18.1. The van der Waals surface area contributed by atoms with Crippen LogP contribution in [0.2, 0.25) is 0 Å². The van der Waals surface area contributed by atoms with Crippen molar-refractivity contribution >= 4 is 38.6 Å². The minimum Gasteiger partial charge on any atom is -0.310 e. The molecule has 0 fully saturated rings. The Morgan fingerprint density at radius 2 is 0.794 bits per heavy atom. The predicted molar refractivity (Wildman–Crippen MR) is 288 cm³/mol. The van der Waals surface area contributed by atoms with E-state index < -0.39 is 5.41 Å². The van der Waals surface area contributed by atoms with Crippen molar-refractivity contribution in [3.63, 3.8) is 0 Å². The first kappa shape index (κ1) is 41.2. The highest BCUT2D eigenvalue weighted by atomic mass is 15.1. The maximum Gasteiger partial charge on any atom is 0.0713 e. The van der Waals surface area contributed by atoms with Crippen molar-refractivity contribution in [2.75, 3.05) is 4.90 Å². The van der Waals surface area contributed by atoms with Gasteiger partial charge in [0, 0.05) is 17.1 Å². The summed E-state index contributed by atoms with van der Waals surface area (Å²) in [5, 5.41) is 5.00. The molecule has 12 rings (SSSR count). The van der Waals surface area contributed by atoms with Crippen molar-refractivity contribution in [3.8, 4) is 44.5 Å². The van der Waals surface area contributed by atoms with Crippen LogP contribution in [0.5, 0.6) is 0 Å². The van der Waals surface area contributed by atoms with Gasteiger partial charge in [-0.1, -0.05) is 239 Å². The molecule has 11 aromatic carbocycles. The number of hydrogen-bond acceptors (Lipinski definition) is 1. The summed E-state index contributed by atoms with van der Waals surface area (Å²) >= 11 is 0. The van der Waals surface area contributed by atoms with Crippen LogP contribution in [0.1, 0.15) is 48.6 Å². The third kappa shape index (κ3) is 6.85. The van der Waals surface area contributed by atoms with Gasteiger partial charge in [0.25, 0.3) is 0 Å². The van der Waals surface area contributed by atoms with E-state index in [2.05, 4.69) is 280 Å². The summed E-state index contributed by atoms with van der Waals surface area (Å²) < 4.78 is 0. The lowest BCUT2D eigenvalue weighted by molar-refractivity contribution is 0.589. The quantitative estimate of drug-likeness (QED) is 0.147. The molecular formula is C67H51N. The highest BCUT2D eigenvalue weighted by Crippen LogP contribution is 2.58. The van der Waals surface area contributed by atoms with Crippen molar-refractivity contribution in [3.05, 3.63) is 283 Å². The molecule has 0 aromatic heterocycles. The van der Waals surface area contributed by atoms with E-state index in [1.165, 1.54) is 93.9 Å². The van der Waals surface area contributed by atoms with Crippen LogP contribution < -0.4 is 4.90 Å². The molecule has 0 saturated heterocycles. The van der Waals surface area contributed by atoms with E-state index in [-0.39, 0.29) is 5.41 Å². The smallest absolute Gasteiger partial charge is 0.0713 e. The van der Waals surface area contributed by atoms with E-state index in [9.17, 15) is 0 Å². The fourth-order valence-corrected chi connectivity index (χ4v) is 11.1. The second-order valence-electron chi connectivity index (χ2n) is 19.2. The van der Waals surface area contributed by atoms with Crippen LogP contribution in [0.25, 0.3) is 66.1 Å². The summed E-state index contributed by atoms with van der Waals surface area (Å²) in [6.07, 6.45) is 0. The average molecular weight is 870 g/mol. The minimum atomic E-state index is -0.499. The first-order valence-electron chi connectivity index (χ1n) is 23.8. The largest absolute Gasteiger partial charge is 0.310 e. The molecule has 0 spiro atoms. The molecule has 1 heteroatoms. The summed E-state index contributed by atoms with van der Waals surface area (Å²) in [4.78, 5) is 2.41. The average Bonchev–Trinajstić information content (AvgIpc) is 3.70. The van der Waals surface area contributed by atoms with E-state index in [0.717, 1.165) is 17.1 Å². The zero-order chi connectivity index (χ0) is 45.8. The van der Waals surface area contributed by atoms with Crippen molar-refractivity contribution in [2.45, 2.75) is 31.6 Å². The summed E-state index contributed by atoms with van der Waals surface area (Å²) in [6.45, 7) is 6.87. The maximum atomic E-state index is 2.41. The molecule has 1 unspecified atom stereocenters. The zero-order valence-electron chi connectivity index (χ0n) is 38.7. The molecule has 1 nitrogen and oxygen atoms in total. The summed E-state index contributed by atoms with van der Waals surface area (Å²) in [5.41, 5.74) is 19.1. The van der Waals surface area contributed by atoms with Crippen LogP contribution in [-0.4, -0.2) is 0 Å². The molecule has 1 aliphatic rings. The second-order valence-corrected chi connectivity index (χ2v) is 19.2. The molecule has 0 aliphatic heterocycles. The van der Waals surface area contributed by atoms with Gasteiger partial charge < -0.3 is 4.90 Å². The van der Waals surface area contributed by atoms with Crippen molar-refractivity contribution in [1.29, 1.82) is 0 Å². The Hall–Kier alpha value is -8.26. The number of benzene rings is 11. The Morgan fingerprint density at radius 1 is 0.324 bits per heavy atom. The molecule has 0 N–H and O–H groups in total. The van der Waals surface area contributed by atoms with Gasteiger partial charge in [0.15, 0.2) is 0 Å². The lowest BCUT2D eigenvalue weighted by atomic mass is 9.67. The molecular weight excluding hydrogens is 819 g/mol. The SMILES string of the molecule is CC(C)(C)c1ccc(C2(c3ccccc3)c3ccccc3-c3c(-c4cccc(N(c5ccc(-c6cccc7ccccc67)cc5)c5ccc(-c6cccc7ccccc67)cc5)c4)cccc32)cc1. The van der Waals surface area contributed by atoms with E-state index in [1.54, 1.807) is 0 Å². The fourth-order valence-electron chi connectivity index (χ4n) is 11.1. The molecule has 0 saturated carbocycles. The van der Waals surface area contributed by atoms with E-state index in [1.807, 2.05) is 0 Å². The van der Waals surface area contributed by atoms with E-state index in [0.29, 0.717) is 0 Å². The lowest BCUT2D eigenvalue weighted by Crippen LogP contribution is -2.28. The number of rotatable bonds is 8. The first-order valence-corrected chi connectivity index (χ1v) is 23.8. The van der Waals surface area contributed by atoms with E-state index >= 15 is 0 Å². The lowest BCUT2D eigenvalue weighted by Gasteiger charge is -2.34. The molecule has 324 valence electrons. The van der Waals surface area contributed by atoms with Gasteiger partial charge in [-0.3, -0.25) is 0 Å². The van der Waals surface area contributed by atoms with E-state index in [4.69, 9.17) is 0 Å². The van der Waals surface area contributed by atoms with Gasteiger partial charge >= 0.3 is 0 Å². The fraction of sp³-hybridized carbons (Fsp3) is 0.0746. The molecule has 68 heavy (non-hydrogen) atoms. The van der Waals surface area contributed by atoms with Gasteiger partial charge in [-0.2, -0.15) is 0 Å². The molecule has 0 radical (unpaired) electrons. The Kier molecular flexibility index (Phi) is 10.0. The Morgan fingerprint density at radius 3 is 1.41 bits per heavy atom. The molecule has 0 heterocycles. The van der Waals surface area contributed by atoms with Crippen molar-refractivity contribution < 1.29 is 0 Å². The van der Waals surface area contributed by atoms with Crippen LogP contribution >= 0.6 is 0 Å². The van der Waals surface area contributed by atoms with Gasteiger partial charge in [0.2, 0.25) is 0 Å². The van der Waals surface area contributed by atoms with Gasteiger partial charge in [-0.15, -0.1) is 0 Å². The minimum absolute atomic E-state index is 0.0493. The molecule has 0 bridgehead atoms. The third-order valence-corrected chi connectivity index (χ3v) is 14.3. The number of anilines is 3. The zero-order valence-corrected chi connectivity index (χ0v) is 38.7. The van der Waals surface area contributed by atoms with Crippen LogP contribution in [0.4, 0.5) is 17.1 Å². The maximum absolute atomic E-state index is 2.41. The molecule has 1 atom stereocenters. The standard InChI is InChI=1S/C67H51N/c1-66(2,3)51-37-39-53(40-38-51)67(52-22-5-4-6-23-52)63-31-12-11-27-62(63)65-61(30-16-32-64(65)67)50-21-13-24-56(45-50)68(54-41-33-48(34-42-54)59-28-14-19-46-17-7-9-25-57(46)59)55-43-35-49(36-44-55)60-29-15-20-47-18-8-10-26-58(47)60/h4-45H,1-3H3. The monoisotopic (exact) mass is 869 g/mol. The van der Waals surface area contributed by atoms with Crippen LogP contribution in [0.15, 0.2) is 255 Å². The van der Waals surface area contributed by atoms with Gasteiger partial charge in [0.1, 0.15) is 0 Å². The van der Waals surface area contributed by atoms with Crippen molar-refractivity contribution in [2.24, 2.45) is 0 Å². The summed E-state index contributed by atoms with van der Waals surface area (Å²) in [6, 6.07) is 94.4. The van der Waals surface area contributed by atoms with Gasteiger partial charge in [-0.05, 0) is 136 Å². The molecule has 0 amide bonds. The number of nitrogens with zero attached hydrogens (tertiary/aromatic N) is 1. The molecule has 1 aliphatic carbocycles. The summed E-state index contributed by atoms with van der Waals surface area (Å²) in [7, 11) is 0. The Balaban J connectivity index is 1.02. The second kappa shape index (κ2) is 16.6. The normalized spacial score (nSPS) is 14.2. The molecule has 11 aromatic rings. The highest BCUT2D eigenvalue weighted by Gasteiger charge is 2.47. The number of hydrogen-bond donors (Lipinski definition) is 0.